The van der Waals surface area contributed by atoms with Crippen LogP contribution in [0.1, 0.15) is 37.8 Å². The van der Waals surface area contributed by atoms with Gasteiger partial charge in [-0.05, 0) is 46.9 Å². The Balaban J connectivity index is 1.62. The SMILES string of the molecule is C/C(=N\NC(=O)COc1ccccc1C(C)C)c1ccc2ccccc2c1. The first-order valence-electron chi connectivity index (χ1n) is 9.08. The van der Waals surface area contributed by atoms with Gasteiger partial charge in [0.25, 0.3) is 5.91 Å². The van der Waals surface area contributed by atoms with Gasteiger partial charge in [-0.25, -0.2) is 5.43 Å². The van der Waals surface area contributed by atoms with E-state index < -0.39 is 0 Å². The van der Waals surface area contributed by atoms with Gasteiger partial charge in [0.2, 0.25) is 0 Å². The van der Waals surface area contributed by atoms with Gasteiger partial charge >= 0.3 is 0 Å². The number of nitrogens with zero attached hydrogens (tertiary/aromatic N) is 1. The summed E-state index contributed by atoms with van der Waals surface area (Å²) in [4.78, 5) is 12.1. The zero-order chi connectivity index (χ0) is 19.2. The van der Waals surface area contributed by atoms with Crippen LogP contribution in [0.15, 0.2) is 71.8 Å². The fraction of sp³-hybridized carbons (Fsp3) is 0.217. The van der Waals surface area contributed by atoms with Crippen molar-refractivity contribution in [2.24, 2.45) is 5.10 Å². The second-order valence-corrected chi connectivity index (χ2v) is 6.78. The number of carbonyl (C=O) groups excluding carboxylic acids is 1. The highest BCUT2D eigenvalue weighted by Gasteiger charge is 2.09. The summed E-state index contributed by atoms with van der Waals surface area (Å²) in [5, 5.41) is 6.53. The van der Waals surface area contributed by atoms with E-state index in [4.69, 9.17) is 4.74 Å². The summed E-state index contributed by atoms with van der Waals surface area (Å²) in [6.45, 7) is 6.00. The fourth-order valence-corrected chi connectivity index (χ4v) is 2.89. The van der Waals surface area contributed by atoms with E-state index in [0.717, 1.165) is 28.0 Å². The Hall–Kier alpha value is -3.14. The summed E-state index contributed by atoms with van der Waals surface area (Å²) >= 11 is 0. The zero-order valence-electron chi connectivity index (χ0n) is 15.9. The van der Waals surface area contributed by atoms with Gasteiger partial charge in [-0.15, -0.1) is 0 Å². The molecule has 0 saturated carbocycles. The summed E-state index contributed by atoms with van der Waals surface area (Å²) in [7, 11) is 0. The van der Waals surface area contributed by atoms with Crippen LogP contribution in [-0.2, 0) is 4.79 Å². The highest BCUT2D eigenvalue weighted by molar-refractivity contribution is 6.02. The average molecular weight is 360 g/mol. The predicted molar refractivity (Wildman–Crippen MR) is 110 cm³/mol. The largest absolute Gasteiger partial charge is 0.483 e. The lowest BCUT2D eigenvalue weighted by Crippen LogP contribution is -2.25. The quantitative estimate of drug-likeness (QED) is 0.503. The highest BCUT2D eigenvalue weighted by Crippen LogP contribution is 2.25. The van der Waals surface area contributed by atoms with Crippen LogP contribution in [0.2, 0.25) is 0 Å². The molecule has 0 atom stereocenters. The van der Waals surface area contributed by atoms with E-state index in [1.165, 1.54) is 5.39 Å². The number of para-hydroxylation sites is 1. The lowest BCUT2D eigenvalue weighted by Gasteiger charge is -2.13. The molecule has 0 aromatic heterocycles. The van der Waals surface area contributed by atoms with E-state index in [-0.39, 0.29) is 12.5 Å². The molecule has 0 unspecified atom stereocenters. The van der Waals surface area contributed by atoms with Crippen LogP contribution < -0.4 is 10.2 Å². The summed E-state index contributed by atoms with van der Waals surface area (Å²) in [6, 6.07) is 22.0. The van der Waals surface area contributed by atoms with Crippen molar-refractivity contribution < 1.29 is 9.53 Å². The molecule has 3 aromatic carbocycles. The maximum absolute atomic E-state index is 12.1. The minimum absolute atomic E-state index is 0.0712. The first kappa shape index (κ1) is 18.6. The normalized spacial score (nSPS) is 11.6. The van der Waals surface area contributed by atoms with E-state index in [9.17, 15) is 4.79 Å². The summed E-state index contributed by atoms with van der Waals surface area (Å²) in [5.41, 5.74) is 5.38. The molecule has 1 amide bonds. The topological polar surface area (TPSA) is 50.7 Å². The van der Waals surface area contributed by atoms with Crippen molar-refractivity contribution >= 4 is 22.4 Å². The molecule has 0 fully saturated rings. The van der Waals surface area contributed by atoms with Crippen LogP contribution in [0.4, 0.5) is 0 Å². The zero-order valence-corrected chi connectivity index (χ0v) is 15.9. The molecule has 3 rings (SSSR count). The van der Waals surface area contributed by atoms with E-state index in [0.29, 0.717) is 5.92 Å². The molecule has 27 heavy (non-hydrogen) atoms. The monoisotopic (exact) mass is 360 g/mol. The Morgan fingerprint density at radius 3 is 2.48 bits per heavy atom. The van der Waals surface area contributed by atoms with Gasteiger partial charge in [-0.1, -0.05) is 68.4 Å². The van der Waals surface area contributed by atoms with Crippen molar-refractivity contribution in [2.45, 2.75) is 26.7 Å². The molecular weight excluding hydrogens is 336 g/mol. The van der Waals surface area contributed by atoms with Gasteiger partial charge < -0.3 is 4.74 Å². The van der Waals surface area contributed by atoms with Crippen LogP contribution in [0, 0.1) is 0 Å². The number of amides is 1. The minimum Gasteiger partial charge on any atom is -0.483 e. The summed E-state index contributed by atoms with van der Waals surface area (Å²) in [6.07, 6.45) is 0. The molecule has 0 heterocycles. The number of nitrogens with one attached hydrogen (secondary N) is 1. The van der Waals surface area contributed by atoms with Gasteiger partial charge in [0.05, 0.1) is 5.71 Å². The molecule has 4 nitrogen and oxygen atoms in total. The smallest absolute Gasteiger partial charge is 0.277 e. The minimum atomic E-state index is -0.284. The standard InChI is InChI=1S/C23H24N2O2/c1-16(2)21-10-6-7-11-22(21)27-15-23(26)25-24-17(3)19-13-12-18-8-4-5-9-20(18)14-19/h4-14,16H,15H2,1-3H3,(H,25,26)/b24-17+. The van der Waals surface area contributed by atoms with E-state index >= 15 is 0 Å². The van der Waals surface area contributed by atoms with Crippen molar-refractivity contribution in [3.8, 4) is 5.75 Å². The van der Waals surface area contributed by atoms with E-state index in [2.05, 4.69) is 48.6 Å². The van der Waals surface area contributed by atoms with Crippen molar-refractivity contribution in [3.05, 3.63) is 77.9 Å². The van der Waals surface area contributed by atoms with Gasteiger partial charge in [0.15, 0.2) is 6.61 Å². The first-order chi connectivity index (χ1) is 13.0. The number of fused-ring (bicyclic) bond motifs is 1. The molecule has 4 heteroatoms. The van der Waals surface area contributed by atoms with Gasteiger partial charge in [-0.2, -0.15) is 5.10 Å². The molecule has 0 saturated heterocycles. The second kappa shape index (κ2) is 8.49. The Bertz CT molecular complexity index is 977. The van der Waals surface area contributed by atoms with Gasteiger partial charge in [0.1, 0.15) is 5.75 Å². The van der Waals surface area contributed by atoms with Crippen molar-refractivity contribution in [1.82, 2.24) is 5.43 Å². The fourth-order valence-electron chi connectivity index (χ4n) is 2.89. The van der Waals surface area contributed by atoms with Crippen molar-refractivity contribution in [1.29, 1.82) is 0 Å². The maximum Gasteiger partial charge on any atom is 0.277 e. The molecule has 0 radical (unpaired) electrons. The van der Waals surface area contributed by atoms with Gasteiger partial charge in [0, 0.05) is 0 Å². The van der Waals surface area contributed by atoms with E-state index in [1.807, 2.05) is 49.4 Å². The van der Waals surface area contributed by atoms with Crippen molar-refractivity contribution in [3.63, 3.8) is 0 Å². The molecule has 0 aliphatic rings. The maximum atomic E-state index is 12.1. The van der Waals surface area contributed by atoms with Crippen LogP contribution in [0.3, 0.4) is 0 Å². The number of hydrogen-bond donors (Lipinski definition) is 1. The third-order valence-corrected chi connectivity index (χ3v) is 4.42. The van der Waals surface area contributed by atoms with Crippen LogP contribution in [-0.4, -0.2) is 18.2 Å². The van der Waals surface area contributed by atoms with Crippen molar-refractivity contribution in [2.75, 3.05) is 6.61 Å². The van der Waals surface area contributed by atoms with Gasteiger partial charge in [-0.3, -0.25) is 4.79 Å². The molecular formula is C23H24N2O2. The Kier molecular flexibility index (Phi) is 5.87. The average Bonchev–Trinajstić information content (AvgIpc) is 2.70. The third-order valence-electron chi connectivity index (χ3n) is 4.42. The predicted octanol–water partition coefficient (Wildman–Crippen LogP) is 4.88. The Labute approximate surface area is 159 Å². The third kappa shape index (κ3) is 4.73. The van der Waals surface area contributed by atoms with Crippen LogP contribution in [0.5, 0.6) is 5.75 Å². The lowest BCUT2D eigenvalue weighted by atomic mass is 10.0. The number of hydrogen-bond acceptors (Lipinski definition) is 3. The summed E-state index contributed by atoms with van der Waals surface area (Å²) < 4.78 is 5.67. The molecule has 0 aliphatic carbocycles. The number of ether oxygens (including phenoxy) is 1. The second-order valence-electron chi connectivity index (χ2n) is 6.78. The molecule has 0 bridgehead atoms. The molecule has 3 aromatic rings. The molecule has 0 aliphatic heterocycles. The molecule has 138 valence electrons. The summed E-state index contributed by atoms with van der Waals surface area (Å²) in [5.74, 6) is 0.781. The number of rotatable bonds is 6. The highest BCUT2D eigenvalue weighted by atomic mass is 16.5. The first-order valence-corrected chi connectivity index (χ1v) is 9.08. The Morgan fingerprint density at radius 2 is 1.70 bits per heavy atom. The molecule has 0 spiro atoms. The Morgan fingerprint density at radius 1 is 1.00 bits per heavy atom. The number of carbonyl (C=O) groups is 1. The molecule has 1 N–H and O–H groups in total. The van der Waals surface area contributed by atoms with Crippen LogP contribution in [0.25, 0.3) is 10.8 Å². The lowest BCUT2D eigenvalue weighted by molar-refractivity contribution is -0.123. The van der Waals surface area contributed by atoms with Crippen LogP contribution >= 0.6 is 0 Å². The van der Waals surface area contributed by atoms with E-state index in [1.54, 1.807) is 0 Å². The number of hydrazone groups is 1. The number of benzene rings is 3.